The van der Waals surface area contributed by atoms with Gasteiger partial charge in [0.25, 0.3) is 0 Å². The minimum Gasteiger partial charge on any atom is -0.383 e. The minimum atomic E-state index is 0.723. The molecule has 5 nitrogen and oxygen atoms in total. The molecule has 0 atom stereocenters. The second kappa shape index (κ2) is 7.33. The number of nitrogens with one attached hydrogen (secondary N) is 1. The summed E-state index contributed by atoms with van der Waals surface area (Å²) in [6.45, 7) is 9.40. The Morgan fingerprint density at radius 3 is 2.76 bits per heavy atom. The molecule has 2 aromatic heterocycles. The van der Waals surface area contributed by atoms with Gasteiger partial charge in [-0.25, -0.2) is 0 Å². The highest BCUT2D eigenvalue weighted by Crippen LogP contribution is 2.14. The average molecular weight is 288 g/mol. The number of methoxy groups -OCH3 is 1. The van der Waals surface area contributed by atoms with Crippen molar-refractivity contribution in [3.8, 4) is 0 Å². The van der Waals surface area contributed by atoms with Crippen molar-refractivity contribution in [2.45, 2.75) is 33.9 Å². The van der Waals surface area contributed by atoms with Crippen molar-refractivity contribution in [2.24, 2.45) is 0 Å². The molecule has 0 aliphatic carbocycles. The van der Waals surface area contributed by atoms with Gasteiger partial charge in [0.05, 0.1) is 18.8 Å². The van der Waals surface area contributed by atoms with E-state index in [9.17, 15) is 0 Å². The summed E-state index contributed by atoms with van der Waals surface area (Å²) in [7, 11) is 1.71. The van der Waals surface area contributed by atoms with E-state index in [0.717, 1.165) is 31.9 Å². The van der Waals surface area contributed by atoms with Gasteiger partial charge < -0.3 is 10.1 Å². The molecule has 0 aliphatic rings. The normalized spacial score (nSPS) is 11.0. The number of hydrogen-bond acceptors (Lipinski definition) is 4. The van der Waals surface area contributed by atoms with Gasteiger partial charge in [0.15, 0.2) is 0 Å². The summed E-state index contributed by atoms with van der Waals surface area (Å²) in [6, 6.07) is 2.15. The van der Waals surface area contributed by atoms with Gasteiger partial charge in [-0.15, -0.1) is 0 Å². The van der Waals surface area contributed by atoms with Crippen LogP contribution < -0.4 is 5.32 Å². The van der Waals surface area contributed by atoms with Gasteiger partial charge >= 0.3 is 0 Å². The zero-order valence-corrected chi connectivity index (χ0v) is 13.3. The number of aryl methyl sites for hydroxylation is 2. The van der Waals surface area contributed by atoms with E-state index >= 15 is 0 Å². The monoisotopic (exact) mass is 288 g/mol. The molecule has 0 saturated heterocycles. The fraction of sp³-hybridized carbons (Fsp3) is 0.500. The Kier molecular flexibility index (Phi) is 5.47. The van der Waals surface area contributed by atoms with Gasteiger partial charge in [0.1, 0.15) is 0 Å². The Morgan fingerprint density at radius 2 is 2.05 bits per heavy atom. The van der Waals surface area contributed by atoms with Crippen LogP contribution in [-0.4, -0.2) is 35.0 Å². The van der Waals surface area contributed by atoms with E-state index in [0.29, 0.717) is 0 Å². The van der Waals surface area contributed by atoms with Crippen LogP contribution in [0, 0.1) is 20.8 Å². The lowest BCUT2D eigenvalue weighted by atomic mass is 10.2. The summed E-state index contributed by atoms with van der Waals surface area (Å²) in [5.41, 5.74) is 5.92. The molecular weight excluding hydrogens is 264 g/mol. The predicted octanol–water partition coefficient (Wildman–Crippen LogP) is 1.99. The van der Waals surface area contributed by atoms with Gasteiger partial charge in [-0.05, 0) is 31.9 Å². The highest BCUT2D eigenvalue weighted by atomic mass is 16.5. The minimum absolute atomic E-state index is 0.723. The Balaban J connectivity index is 2.07. The molecule has 2 aromatic rings. The van der Waals surface area contributed by atoms with Gasteiger partial charge in [-0.3, -0.25) is 9.67 Å². The van der Waals surface area contributed by atoms with Crippen LogP contribution in [-0.2, 0) is 17.8 Å². The fourth-order valence-electron chi connectivity index (χ4n) is 2.41. The Hall–Kier alpha value is -1.72. The topological polar surface area (TPSA) is 52.0 Å². The number of nitrogens with zero attached hydrogens (tertiary/aromatic N) is 3. The quantitative estimate of drug-likeness (QED) is 0.792. The smallest absolute Gasteiger partial charge is 0.0677 e. The summed E-state index contributed by atoms with van der Waals surface area (Å²) in [5, 5.41) is 8.03. The van der Waals surface area contributed by atoms with Crippen LogP contribution in [0.4, 0.5) is 0 Å². The van der Waals surface area contributed by atoms with E-state index in [1.807, 2.05) is 12.4 Å². The third-order valence-corrected chi connectivity index (χ3v) is 3.58. The first-order chi connectivity index (χ1) is 10.1. The molecule has 21 heavy (non-hydrogen) atoms. The van der Waals surface area contributed by atoms with Crippen LogP contribution in [0.15, 0.2) is 18.5 Å². The molecule has 5 heteroatoms. The second-order valence-corrected chi connectivity index (χ2v) is 5.35. The number of ether oxygens (including phenoxy) is 1. The zero-order chi connectivity index (χ0) is 15.2. The predicted molar refractivity (Wildman–Crippen MR) is 83.4 cm³/mol. The third-order valence-electron chi connectivity index (χ3n) is 3.58. The maximum absolute atomic E-state index is 5.05. The van der Waals surface area contributed by atoms with E-state index in [4.69, 9.17) is 4.74 Å². The van der Waals surface area contributed by atoms with Gasteiger partial charge in [0, 0.05) is 43.9 Å². The molecular formula is C16H24N4O. The van der Waals surface area contributed by atoms with E-state index in [1.54, 1.807) is 7.11 Å². The zero-order valence-electron chi connectivity index (χ0n) is 13.3. The molecule has 114 valence electrons. The van der Waals surface area contributed by atoms with Crippen LogP contribution in [0.3, 0.4) is 0 Å². The van der Waals surface area contributed by atoms with Crippen molar-refractivity contribution in [2.75, 3.05) is 20.3 Å². The number of aromatic nitrogens is 3. The average Bonchev–Trinajstić information content (AvgIpc) is 2.70. The largest absolute Gasteiger partial charge is 0.383 e. The first kappa shape index (κ1) is 15.7. The molecule has 1 N–H and O–H groups in total. The van der Waals surface area contributed by atoms with Crippen molar-refractivity contribution in [1.29, 1.82) is 0 Å². The maximum atomic E-state index is 5.05. The van der Waals surface area contributed by atoms with Crippen molar-refractivity contribution in [3.05, 3.63) is 46.5 Å². The van der Waals surface area contributed by atoms with Gasteiger partial charge in [0.2, 0.25) is 0 Å². The van der Waals surface area contributed by atoms with Crippen molar-refractivity contribution in [3.63, 3.8) is 0 Å². The van der Waals surface area contributed by atoms with E-state index < -0.39 is 0 Å². The summed E-state index contributed by atoms with van der Waals surface area (Å²) < 4.78 is 7.10. The van der Waals surface area contributed by atoms with Crippen molar-refractivity contribution >= 4 is 0 Å². The maximum Gasteiger partial charge on any atom is 0.0677 e. The summed E-state index contributed by atoms with van der Waals surface area (Å²) in [6.07, 6.45) is 3.77. The lowest BCUT2D eigenvalue weighted by molar-refractivity contribution is 0.199. The summed E-state index contributed by atoms with van der Waals surface area (Å²) in [5.74, 6) is 0. The SMILES string of the molecule is COCCNCc1c(C)nn(Cc2cncc(C)c2)c1C. The Bertz CT molecular complexity index is 592. The Labute approximate surface area is 126 Å². The molecule has 0 radical (unpaired) electrons. The Morgan fingerprint density at radius 1 is 1.24 bits per heavy atom. The molecule has 2 heterocycles. The highest BCUT2D eigenvalue weighted by Gasteiger charge is 2.11. The first-order valence-electron chi connectivity index (χ1n) is 7.25. The molecule has 0 aromatic carbocycles. The molecule has 0 unspecified atom stereocenters. The van der Waals surface area contributed by atoms with E-state index in [-0.39, 0.29) is 0 Å². The van der Waals surface area contributed by atoms with Crippen molar-refractivity contribution < 1.29 is 4.74 Å². The van der Waals surface area contributed by atoms with Crippen LogP contribution in [0.5, 0.6) is 0 Å². The van der Waals surface area contributed by atoms with Crippen LogP contribution in [0.25, 0.3) is 0 Å². The standard InChI is InChI=1S/C16H24N4O/c1-12-7-15(9-18-8-12)11-20-14(3)16(13(2)19-20)10-17-5-6-21-4/h7-9,17H,5-6,10-11H2,1-4H3. The van der Waals surface area contributed by atoms with Crippen LogP contribution in [0.2, 0.25) is 0 Å². The molecule has 0 aliphatic heterocycles. The lowest BCUT2D eigenvalue weighted by Gasteiger charge is -2.07. The molecule has 0 amide bonds. The fourth-order valence-corrected chi connectivity index (χ4v) is 2.41. The lowest BCUT2D eigenvalue weighted by Crippen LogP contribution is -2.19. The molecule has 2 rings (SSSR count). The van der Waals surface area contributed by atoms with Crippen LogP contribution in [0.1, 0.15) is 28.1 Å². The van der Waals surface area contributed by atoms with E-state index in [1.165, 1.54) is 22.4 Å². The van der Waals surface area contributed by atoms with E-state index in [2.05, 4.69) is 46.9 Å². The second-order valence-electron chi connectivity index (χ2n) is 5.35. The number of pyridine rings is 1. The number of hydrogen-bond donors (Lipinski definition) is 1. The molecule has 0 fully saturated rings. The number of rotatable bonds is 7. The van der Waals surface area contributed by atoms with Crippen LogP contribution >= 0.6 is 0 Å². The van der Waals surface area contributed by atoms with Crippen molar-refractivity contribution in [1.82, 2.24) is 20.1 Å². The molecule has 0 bridgehead atoms. The first-order valence-corrected chi connectivity index (χ1v) is 7.25. The van der Waals surface area contributed by atoms with Gasteiger partial charge in [-0.2, -0.15) is 5.10 Å². The summed E-state index contributed by atoms with van der Waals surface area (Å²) >= 11 is 0. The summed E-state index contributed by atoms with van der Waals surface area (Å²) in [4.78, 5) is 4.24. The third kappa shape index (κ3) is 4.12. The molecule has 0 saturated carbocycles. The van der Waals surface area contributed by atoms with Gasteiger partial charge in [-0.1, -0.05) is 6.07 Å². The molecule has 0 spiro atoms. The highest BCUT2D eigenvalue weighted by molar-refractivity contribution is 5.26.